The maximum Gasteiger partial charge on any atom is 0.0587 e. The third kappa shape index (κ3) is 3.40. The normalized spacial score (nSPS) is 28.2. The van der Waals surface area contributed by atoms with Gasteiger partial charge in [0.2, 0.25) is 0 Å². The minimum Gasteiger partial charge on any atom is -0.395 e. The summed E-state index contributed by atoms with van der Waals surface area (Å²) in [5.74, 6) is 0. The summed E-state index contributed by atoms with van der Waals surface area (Å²) in [5.41, 5.74) is 1.30. The molecule has 110 valence electrons. The number of rotatable bonds is 5. The van der Waals surface area contributed by atoms with Crippen molar-refractivity contribution in [3.05, 3.63) is 35.9 Å². The average Bonchev–Trinajstić information content (AvgIpc) is 2.95. The highest BCUT2D eigenvalue weighted by atomic mass is 16.3. The Hall–Kier alpha value is -0.900. The Bertz CT molecular complexity index is 409. The zero-order valence-corrected chi connectivity index (χ0v) is 12.2. The van der Waals surface area contributed by atoms with Crippen LogP contribution < -0.4 is 5.32 Å². The first-order valence-electron chi connectivity index (χ1n) is 8.00. The molecule has 2 N–H and O–H groups in total. The van der Waals surface area contributed by atoms with E-state index in [1.165, 1.54) is 44.3 Å². The summed E-state index contributed by atoms with van der Waals surface area (Å²) in [6.45, 7) is 2.75. The van der Waals surface area contributed by atoms with E-state index in [9.17, 15) is 5.11 Å². The number of nitrogens with one attached hydrogen (secondary N) is 1. The van der Waals surface area contributed by atoms with E-state index in [4.69, 9.17) is 0 Å². The van der Waals surface area contributed by atoms with E-state index in [1.807, 2.05) is 6.07 Å². The lowest BCUT2D eigenvalue weighted by Crippen LogP contribution is -2.50. The highest BCUT2D eigenvalue weighted by molar-refractivity contribution is 5.16. The molecule has 3 rings (SSSR count). The van der Waals surface area contributed by atoms with E-state index in [-0.39, 0.29) is 12.6 Å². The molecule has 0 spiro atoms. The van der Waals surface area contributed by atoms with Gasteiger partial charge < -0.3 is 15.3 Å². The van der Waals surface area contributed by atoms with Crippen LogP contribution in [0.15, 0.2) is 30.3 Å². The minimum absolute atomic E-state index is 0.190. The third-order valence-corrected chi connectivity index (χ3v) is 4.84. The lowest BCUT2D eigenvalue weighted by molar-refractivity contribution is 0.148. The van der Waals surface area contributed by atoms with Gasteiger partial charge in [-0.15, -0.1) is 0 Å². The van der Waals surface area contributed by atoms with Crippen LogP contribution in [0.4, 0.5) is 0 Å². The van der Waals surface area contributed by atoms with E-state index in [2.05, 4.69) is 34.5 Å². The molecule has 3 nitrogen and oxygen atoms in total. The van der Waals surface area contributed by atoms with Crippen molar-refractivity contribution >= 4 is 0 Å². The van der Waals surface area contributed by atoms with E-state index >= 15 is 0 Å². The van der Waals surface area contributed by atoms with Crippen LogP contribution in [-0.4, -0.2) is 47.8 Å². The van der Waals surface area contributed by atoms with Gasteiger partial charge in [0.25, 0.3) is 0 Å². The first-order valence-corrected chi connectivity index (χ1v) is 8.00. The van der Waals surface area contributed by atoms with Crippen molar-refractivity contribution in [3.8, 4) is 0 Å². The van der Waals surface area contributed by atoms with Gasteiger partial charge in [0.15, 0.2) is 0 Å². The van der Waals surface area contributed by atoms with Gasteiger partial charge in [0, 0.05) is 18.1 Å². The van der Waals surface area contributed by atoms with Crippen LogP contribution in [0.2, 0.25) is 0 Å². The highest BCUT2D eigenvalue weighted by Gasteiger charge is 2.32. The van der Waals surface area contributed by atoms with Crippen molar-refractivity contribution in [2.45, 2.75) is 50.2 Å². The fourth-order valence-electron chi connectivity index (χ4n) is 3.78. The van der Waals surface area contributed by atoms with E-state index < -0.39 is 0 Å². The number of benzene rings is 1. The number of aliphatic hydroxyl groups is 1. The molecular formula is C17H26N2O. The molecule has 0 bridgehead atoms. The Kier molecular flexibility index (Phi) is 4.71. The first kappa shape index (κ1) is 14.1. The van der Waals surface area contributed by atoms with Crippen LogP contribution in [-0.2, 0) is 6.42 Å². The second-order valence-electron chi connectivity index (χ2n) is 6.29. The molecule has 2 heterocycles. The predicted octanol–water partition coefficient (Wildman–Crippen LogP) is 1.81. The van der Waals surface area contributed by atoms with Crippen molar-refractivity contribution in [2.24, 2.45) is 0 Å². The summed E-state index contributed by atoms with van der Waals surface area (Å²) in [6, 6.07) is 12.0. The lowest BCUT2D eigenvalue weighted by Gasteiger charge is -2.36. The predicted molar refractivity (Wildman–Crippen MR) is 81.8 cm³/mol. The molecule has 3 atom stereocenters. The van der Waals surface area contributed by atoms with Gasteiger partial charge in [0.05, 0.1) is 6.61 Å². The van der Waals surface area contributed by atoms with Crippen LogP contribution in [0, 0.1) is 0 Å². The second kappa shape index (κ2) is 6.70. The molecule has 0 amide bonds. The minimum atomic E-state index is 0.190. The molecule has 0 aromatic heterocycles. The van der Waals surface area contributed by atoms with Crippen molar-refractivity contribution in [1.82, 2.24) is 10.2 Å². The molecule has 2 aliphatic heterocycles. The summed E-state index contributed by atoms with van der Waals surface area (Å²) in [5, 5.41) is 13.3. The van der Waals surface area contributed by atoms with Crippen molar-refractivity contribution in [1.29, 1.82) is 0 Å². The highest BCUT2D eigenvalue weighted by Crippen LogP contribution is 2.27. The topological polar surface area (TPSA) is 35.5 Å². The Balaban J connectivity index is 1.52. The molecule has 0 radical (unpaired) electrons. The summed E-state index contributed by atoms with van der Waals surface area (Å²) in [4.78, 5) is 2.64. The molecule has 3 heteroatoms. The van der Waals surface area contributed by atoms with Crippen molar-refractivity contribution in [2.75, 3.05) is 19.7 Å². The van der Waals surface area contributed by atoms with Crippen molar-refractivity contribution in [3.63, 3.8) is 0 Å². The summed E-state index contributed by atoms with van der Waals surface area (Å²) in [6.07, 6.45) is 6.13. The molecule has 20 heavy (non-hydrogen) atoms. The quantitative estimate of drug-likeness (QED) is 0.859. The van der Waals surface area contributed by atoms with Gasteiger partial charge in [-0.1, -0.05) is 30.3 Å². The van der Waals surface area contributed by atoms with Gasteiger partial charge in [-0.25, -0.2) is 0 Å². The van der Waals surface area contributed by atoms with Crippen LogP contribution >= 0.6 is 0 Å². The number of hydrogen-bond acceptors (Lipinski definition) is 3. The summed E-state index contributed by atoms with van der Waals surface area (Å²) < 4.78 is 0. The fourth-order valence-corrected chi connectivity index (χ4v) is 3.78. The number of nitrogens with zero attached hydrogens (tertiary/aromatic N) is 1. The lowest BCUT2D eigenvalue weighted by atomic mass is 9.96. The van der Waals surface area contributed by atoms with Gasteiger partial charge in [-0.05, 0) is 50.8 Å². The van der Waals surface area contributed by atoms with Crippen LogP contribution in [0.3, 0.4) is 0 Å². The van der Waals surface area contributed by atoms with E-state index in [0.29, 0.717) is 6.04 Å². The fraction of sp³-hybridized carbons (Fsp3) is 0.647. The second-order valence-corrected chi connectivity index (χ2v) is 6.29. The molecule has 2 saturated heterocycles. The van der Waals surface area contributed by atoms with E-state index in [0.717, 1.165) is 12.5 Å². The van der Waals surface area contributed by atoms with Gasteiger partial charge >= 0.3 is 0 Å². The zero-order valence-electron chi connectivity index (χ0n) is 12.2. The van der Waals surface area contributed by atoms with Gasteiger partial charge in [-0.3, -0.25) is 0 Å². The largest absolute Gasteiger partial charge is 0.395 e. The Morgan fingerprint density at radius 2 is 2.05 bits per heavy atom. The molecular weight excluding hydrogens is 248 g/mol. The Morgan fingerprint density at radius 1 is 1.20 bits per heavy atom. The zero-order chi connectivity index (χ0) is 13.8. The first-order chi connectivity index (χ1) is 9.85. The molecule has 2 fully saturated rings. The van der Waals surface area contributed by atoms with Crippen molar-refractivity contribution < 1.29 is 5.11 Å². The molecule has 2 unspecified atom stereocenters. The Labute approximate surface area is 122 Å². The molecule has 0 aliphatic carbocycles. The standard InChI is InChI=1S/C17H26N2O/c20-13-16(11-14-5-2-1-3-6-14)18-15-8-10-19-9-4-7-17(19)12-15/h1-3,5-6,15-18,20H,4,7-13H2/t15?,16-,17?/m0/s1. The monoisotopic (exact) mass is 274 g/mol. The molecule has 1 aromatic carbocycles. The number of fused-ring (bicyclic) bond motifs is 1. The number of aliphatic hydroxyl groups excluding tert-OH is 1. The van der Waals surface area contributed by atoms with E-state index in [1.54, 1.807) is 0 Å². The smallest absolute Gasteiger partial charge is 0.0587 e. The van der Waals surface area contributed by atoms with Crippen LogP contribution in [0.5, 0.6) is 0 Å². The number of hydrogen-bond donors (Lipinski definition) is 2. The maximum absolute atomic E-state index is 9.63. The third-order valence-electron chi connectivity index (χ3n) is 4.84. The SMILES string of the molecule is OC[C@H](Cc1ccccc1)NC1CCN2CCCC2C1. The average molecular weight is 274 g/mol. The maximum atomic E-state index is 9.63. The van der Waals surface area contributed by atoms with Crippen LogP contribution in [0.1, 0.15) is 31.2 Å². The molecule has 0 saturated carbocycles. The van der Waals surface area contributed by atoms with Gasteiger partial charge in [0.1, 0.15) is 0 Å². The number of piperidine rings is 1. The molecule has 2 aliphatic rings. The summed E-state index contributed by atoms with van der Waals surface area (Å²) in [7, 11) is 0. The summed E-state index contributed by atoms with van der Waals surface area (Å²) >= 11 is 0. The molecule has 1 aromatic rings. The van der Waals surface area contributed by atoms with Gasteiger partial charge in [-0.2, -0.15) is 0 Å². The Morgan fingerprint density at radius 3 is 2.85 bits per heavy atom. The van der Waals surface area contributed by atoms with Crippen LogP contribution in [0.25, 0.3) is 0 Å².